The number of nitrogens with zero attached hydrogens (tertiary/aromatic N) is 2. The van der Waals surface area contributed by atoms with Crippen molar-refractivity contribution in [1.82, 2.24) is 5.32 Å². The van der Waals surface area contributed by atoms with Gasteiger partial charge in [0.25, 0.3) is 17.3 Å². The van der Waals surface area contributed by atoms with E-state index < -0.39 is 15.8 Å². The fourth-order valence-electron chi connectivity index (χ4n) is 2.22. The number of hydrogen-bond donors (Lipinski definition) is 3. The zero-order valence-corrected chi connectivity index (χ0v) is 13.9. The number of nitrogens with one attached hydrogen (secondary N) is 3. The third-order valence-corrected chi connectivity index (χ3v) is 3.54. The molecule has 10 heteroatoms. The molecule has 0 heterocycles. The van der Waals surface area contributed by atoms with Gasteiger partial charge in [-0.1, -0.05) is 0 Å². The molecular weight excluding hydrogens is 342 g/mol. The highest BCUT2D eigenvalue weighted by molar-refractivity contribution is 5.95. The monoisotopic (exact) mass is 359 g/mol. The maximum Gasteiger partial charge on any atom is 0.293 e. The van der Waals surface area contributed by atoms with Crippen LogP contribution in [-0.4, -0.2) is 35.9 Å². The molecule has 26 heavy (non-hydrogen) atoms. The molecule has 2 rings (SSSR count). The summed E-state index contributed by atoms with van der Waals surface area (Å²) in [6.07, 6.45) is 0. The Bertz CT molecular complexity index is 822. The SMILES string of the molecule is CNc1ccc(C(=O)NCCNc2ccc([N+](=O)[O-])cc2)cc1[N+](=O)[O-]. The molecule has 10 nitrogen and oxygen atoms in total. The number of anilines is 2. The number of nitro benzene ring substituents is 2. The minimum Gasteiger partial charge on any atom is -0.383 e. The van der Waals surface area contributed by atoms with Crippen molar-refractivity contribution in [2.24, 2.45) is 0 Å². The van der Waals surface area contributed by atoms with E-state index in [-0.39, 0.29) is 23.5 Å². The Kier molecular flexibility index (Phi) is 6.04. The van der Waals surface area contributed by atoms with Crippen LogP contribution in [0.4, 0.5) is 22.7 Å². The Morgan fingerprint density at radius 1 is 1.00 bits per heavy atom. The molecule has 2 aromatic carbocycles. The summed E-state index contributed by atoms with van der Waals surface area (Å²) < 4.78 is 0. The number of non-ortho nitro benzene ring substituents is 1. The number of rotatable bonds is 8. The van der Waals surface area contributed by atoms with Gasteiger partial charge in [0.15, 0.2) is 0 Å². The molecule has 0 radical (unpaired) electrons. The molecule has 2 aromatic rings. The molecule has 0 bridgehead atoms. The van der Waals surface area contributed by atoms with Gasteiger partial charge in [-0.3, -0.25) is 25.0 Å². The zero-order chi connectivity index (χ0) is 19.1. The number of amides is 1. The van der Waals surface area contributed by atoms with Gasteiger partial charge in [0.05, 0.1) is 9.85 Å². The maximum absolute atomic E-state index is 12.1. The third-order valence-electron chi connectivity index (χ3n) is 3.54. The van der Waals surface area contributed by atoms with Crippen LogP contribution < -0.4 is 16.0 Å². The van der Waals surface area contributed by atoms with Crippen LogP contribution in [0.15, 0.2) is 42.5 Å². The first-order chi connectivity index (χ1) is 12.4. The fourth-order valence-corrected chi connectivity index (χ4v) is 2.22. The predicted molar refractivity (Wildman–Crippen MR) is 96.6 cm³/mol. The normalized spacial score (nSPS) is 10.0. The van der Waals surface area contributed by atoms with E-state index in [1.807, 2.05) is 0 Å². The molecule has 0 fully saturated rings. The minimum atomic E-state index is -0.557. The van der Waals surface area contributed by atoms with Crippen LogP contribution in [-0.2, 0) is 0 Å². The van der Waals surface area contributed by atoms with Gasteiger partial charge in [-0.2, -0.15) is 0 Å². The summed E-state index contributed by atoms with van der Waals surface area (Å²) in [7, 11) is 1.56. The Hall–Kier alpha value is -3.69. The van der Waals surface area contributed by atoms with Crippen LogP contribution in [0.3, 0.4) is 0 Å². The average Bonchev–Trinajstić information content (AvgIpc) is 2.64. The number of carbonyl (C=O) groups is 1. The molecule has 1 amide bonds. The standard InChI is InChI=1S/C16H17N5O5/c1-17-14-7-2-11(10-15(14)21(25)26)16(22)19-9-8-18-12-3-5-13(6-4-12)20(23)24/h2-7,10,17-18H,8-9H2,1H3,(H,19,22). The van der Waals surface area contributed by atoms with Crippen molar-refractivity contribution in [2.45, 2.75) is 0 Å². The first-order valence-electron chi connectivity index (χ1n) is 7.65. The summed E-state index contributed by atoms with van der Waals surface area (Å²) in [6, 6.07) is 10.1. The van der Waals surface area contributed by atoms with E-state index in [0.29, 0.717) is 17.9 Å². The van der Waals surface area contributed by atoms with Crippen molar-refractivity contribution >= 4 is 28.7 Å². The summed E-state index contributed by atoms with van der Waals surface area (Å²) >= 11 is 0. The Morgan fingerprint density at radius 2 is 1.69 bits per heavy atom. The molecule has 0 aliphatic heterocycles. The fraction of sp³-hybridized carbons (Fsp3) is 0.188. The molecule has 0 aliphatic carbocycles. The van der Waals surface area contributed by atoms with Gasteiger partial charge in [0.1, 0.15) is 5.69 Å². The summed E-state index contributed by atoms with van der Waals surface area (Å²) in [5.41, 5.74) is 1.01. The Morgan fingerprint density at radius 3 is 2.27 bits per heavy atom. The van der Waals surface area contributed by atoms with Crippen molar-refractivity contribution in [3.8, 4) is 0 Å². The van der Waals surface area contributed by atoms with Gasteiger partial charge in [0.2, 0.25) is 0 Å². The number of hydrogen-bond acceptors (Lipinski definition) is 7. The zero-order valence-electron chi connectivity index (χ0n) is 13.9. The number of benzene rings is 2. The summed E-state index contributed by atoms with van der Waals surface area (Å²) in [4.78, 5) is 32.7. The summed E-state index contributed by atoms with van der Waals surface area (Å²) in [5.74, 6) is -0.429. The van der Waals surface area contributed by atoms with Crippen LogP contribution in [0.25, 0.3) is 0 Å². The lowest BCUT2D eigenvalue weighted by molar-refractivity contribution is -0.384. The number of carbonyl (C=O) groups excluding carboxylic acids is 1. The lowest BCUT2D eigenvalue weighted by Gasteiger charge is -2.09. The first-order valence-corrected chi connectivity index (χ1v) is 7.65. The van der Waals surface area contributed by atoms with Crippen molar-refractivity contribution < 1.29 is 14.6 Å². The van der Waals surface area contributed by atoms with Gasteiger partial charge >= 0.3 is 0 Å². The van der Waals surface area contributed by atoms with E-state index in [1.165, 1.54) is 30.3 Å². The van der Waals surface area contributed by atoms with E-state index in [4.69, 9.17) is 0 Å². The Labute approximate surface area is 148 Å². The predicted octanol–water partition coefficient (Wildman–Crippen LogP) is 2.39. The molecule has 0 saturated carbocycles. The first kappa shape index (κ1) is 18.6. The highest BCUT2D eigenvalue weighted by Crippen LogP contribution is 2.24. The molecule has 0 aliphatic rings. The second kappa shape index (κ2) is 8.42. The van der Waals surface area contributed by atoms with Gasteiger partial charge in [0, 0.05) is 49.6 Å². The Balaban J connectivity index is 1.88. The van der Waals surface area contributed by atoms with Gasteiger partial charge in [-0.05, 0) is 24.3 Å². The second-order valence-corrected chi connectivity index (χ2v) is 5.23. The van der Waals surface area contributed by atoms with E-state index in [9.17, 15) is 25.0 Å². The van der Waals surface area contributed by atoms with Crippen LogP contribution in [0.2, 0.25) is 0 Å². The smallest absolute Gasteiger partial charge is 0.293 e. The third kappa shape index (κ3) is 4.66. The second-order valence-electron chi connectivity index (χ2n) is 5.23. The van der Waals surface area contributed by atoms with Crippen LogP contribution in [0, 0.1) is 20.2 Å². The molecule has 3 N–H and O–H groups in total. The molecule has 136 valence electrons. The lowest BCUT2D eigenvalue weighted by Crippen LogP contribution is -2.28. The average molecular weight is 359 g/mol. The highest BCUT2D eigenvalue weighted by atomic mass is 16.6. The summed E-state index contributed by atoms with van der Waals surface area (Å²) in [6.45, 7) is 0.664. The molecular formula is C16H17N5O5. The molecule has 0 spiro atoms. The minimum absolute atomic E-state index is 0.00420. The molecule has 0 unspecified atom stereocenters. The van der Waals surface area contributed by atoms with Crippen molar-refractivity contribution in [3.05, 3.63) is 68.3 Å². The van der Waals surface area contributed by atoms with E-state index in [1.54, 1.807) is 19.2 Å². The van der Waals surface area contributed by atoms with E-state index >= 15 is 0 Å². The molecule has 0 saturated heterocycles. The largest absolute Gasteiger partial charge is 0.383 e. The van der Waals surface area contributed by atoms with Crippen LogP contribution in [0.5, 0.6) is 0 Å². The highest BCUT2D eigenvalue weighted by Gasteiger charge is 2.16. The van der Waals surface area contributed by atoms with Gasteiger partial charge < -0.3 is 16.0 Å². The maximum atomic E-state index is 12.1. The van der Waals surface area contributed by atoms with E-state index in [0.717, 1.165) is 0 Å². The summed E-state index contributed by atoms with van der Waals surface area (Å²) in [5, 5.41) is 30.0. The van der Waals surface area contributed by atoms with Gasteiger partial charge in [-0.25, -0.2) is 0 Å². The molecule has 0 atom stereocenters. The van der Waals surface area contributed by atoms with Crippen LogP contribution in [0.1, 0.15) is 10.4 Å². The van der Waals surface area contributed by atoms with Crippen LogP contribution >= 0.6 is 0 Å². The van der Waals surface area contributed by atoms with Crippen molar-refractivity contribution in [2.75, 3.05) is 30.8 Å². The topological polar surface area (TPSA) is 139 Å². The van der Waals surface area contributed by atoms with Gasteiger partial charge in [-0.15, -0.1) is 0 Å². The number of nitro groups is 2. The van der Waals surface area contributed by atoms with Crippen molar-refractivity contribution in [3.63, 3.8) is 0 Å². The molecule has 0 aromatic heterocycles. The quantitative estimate of drug-likeness (QED) is 0.373. The van der Waals surface area contributed by atoms with E-state index in [2.05, 4.69) is 16.0 Å². The van der Waals surface area contributed by atoms with Crippen molar-refractivity contribution in [1.29, 1.82) is 0 Å². The lowest BCUT2D eigenvalue weighted by atomic mass is 10.1.